The van der Waals surface area contributed by atoms with Gasteiger partial charge in [-0.3, -0.25) is 5.32 Å². The van der Waals surface area contributed by atoms with Crippen molar-refractivity contribution in [3.8, 4) is 12.1 Å². The number of hydrogen-bond donors (Lipinski definition) is 1. The smallest absolute Gasteiger partial charge is 0.107 e. The summed E-state index contributed by atoms with van der Waals surface area (Å²) >= 11 is 0. The quantitative estimate of drug-likeness (QED) is 0.654. The van der Waals surface area contributed by atoms with Gasteiger partial charge in [-0.25, -0.2) is 0 Å². The first-order valence-electron chi connectivity index (χ1n) is 10.9. The van der Waals surface area contributed by atoms with Gasteiger partial charge in [0.25, 0.3) is 0 Å². The number of nitrogens with zero attached hydrogens (tertiary/aromatic N) is 2. The van der Waals surface area contributed by atoms with Crippen molar-refractivity contribution in [3.05, 3.63) is 0 Å². The normalized spacial score (nSPS) is 25.8. The molecule has 2 rings (SSSR count). The molecule has 0 aromatic heterocycles. The van der Waals surface area contributed by atoms with E-state index in [0.29, 0.717) is 0 Å². The van der Waals surface area contributed by atoms with Crippen LogP contribution in [0.3, 0.4) is 0 Å². The fourth-order valence-corrected chi connectivity index (χ4v) is 4.71. The van der Waals surface area contributed by atoms with Crippen LogP contribution in [-0.2, 0) is 0 Å². The molecule has 2 fully saturated rings. The lowest BCUT2D eigenvalue weighted by molar-refractivity contribution is 0.223. The van der Waals surface area contributed by atoms with E-state index in [2.05, 4.69) is 17.5 Å². The zero-order valence-electron chi connectivity index (χ0n) is 16.1. The second-order valence-electron chi connectivity index (χ2n) is 8.46. The van der Waals surface area contributed by atoms with E-state index >= 15 is 0 Å². The molecular weight excluding hydrogens is 306 g/mol. The first-order valence-corrected chi connectivity index (χ1v) is 10.9. The van der Waals surface area contributed by atoms with Crippen molar-refractivity contribution in [1.82, 2.24) is 5.32 Å². The summed E-state index contributed by atoms with van der Waals surface area (Å²) in [4.78, 5) is 0. The molecule has 0 spiro atoms. The van der Waals surface area contributed by atoms with E-state index in [1.807, 2.05) is 0 Å². The molecule has 1 N–H and O–H groups in total. The van der Waals surface area contributed by atoms with Crippen LogP contribution in [-0.4, -0.2) is 11.1 Å². The monoisotopic (exact) mass is 343 g/mol. The zero-order chi connectivity index (χ0) is 17.8. The predicted molar refractivity (Wildman–Crippen MR) is 103 cm³/mol. The van der Waals surface area contributed by atoms with Crippen LogP contribution in [0.2, 0.25) is 0 Å². The molecule has 3 heteroatoms. The van der Waals surface area contributed by atoms with Gasteiger partial charge in [0.05, 0.1) is 12.1 Å². The SMILES string of the molecule is N#CC1(NC2(C#N)CCCCCCCCC2)CCCCCCCCC1. The van der Waals surface area contributed by atoms with Crippen LogP contribution >= 0.6 is 0 Å². The van der Waals surface area contributed by atoms with Crippen LogP contribution in [0.1, 0.15) is 116 Å². The minimum atomic E-state index is -0.489. The molecule has 0 aliphatic heterocycles. The van der Waals surface area contributed by atoms with Crippen molar-refractivity contribution in [1.29, 1.82) is 10.5 Å². The molecule has 0 unspecified atom stereocenters. The molecule has 0 amide bonds. The molecule has 2 saturated carbocycles. The van der Waals surface area contributed by atoms with Gasteiger partial charge in [-0.05, 0) is 25.7 Å². The highest BCUT2D eigenvalue weighted by Gasteiger charge is 2.40. The van der Waals surface area contributed by atoms with E-state index in [1.54, 1.807) is 0 Å². The summed E-state index contributed by atoms with van der Waals surface area (Å²) in [5.41, 5.74) is -0.978. The van der Waals surface area contributed by atoms with Crippen molar-refractivity contribution in [3.63, 3.8) is 0 Å². The van der Waals surface area contributed by atoms with Gasteiger partial charge in [-0.15, -0.1) is 0 Å². The van der Waals surface area contributed by atoms with Gasteiger partial charge in [0.2, 0.25) is 0 Å². The van der Waals surface area contributed by atoms with Crippen molar-refractivity contribution in [2.75, 3.05) is 0 Å². The van der Waals surface area contributed by atoms with Crippen LogP contribution < -0.4 is 5.32 Å². The molecule has 2 aliphatic rings. The van der Waals surface area contributed by atoms with Gasteiger partial charge in [-0.1, -0.05) is 89.9 Å². The highest BCUT2D eigenvalue weighted by molar-refractivity contribution is 5.17. The number of nitrogens with one attached hydrogen (secondary N) is 1. The Hall–Kier alpha value is -1.06. The molecule has 2 aliphatic carbocycles. The van der Waals surface area contributed by atoms with Crippen LogP contribution in [0.5, 0.6) is 0 Å². The summed E-state index contributed by atoms with van der Waals surface area (Å²) in [6.45, 7) is 0. The third kappa shape index (κ3) is 6.63. The second-order valence-corrected chi connectivity index (χ2v) is 8.46. The number of hydrogen-bond acceptors (Lipinski definition) is 3. The molecule has 0 aromatic carbocycles. The molecule has 140 valence electrons. The molecule has 25 heavy (non-hydrogen) atoms. The predicted octanol–water partition coefficient (Wildman–Crippen LogP) is 6.15. The van der Waals surface area contributed by atoms with Crippen molar-refractivity contribution < 1.29 is 0 Å². The summed E-state index contributed by atoms with van der Waals surface area (Å²) < 4.78 is 0. The molecule has 0 aromatic rings. The van der Waals surface area contributed by atoms with E-state index in [0.717, 1.165) is 51.4 Å². The summed E-state index contributed by atoms with van der Waals surface area (Å²) in [6, 6.07) is 5.28. The van der Waals surface area contributed by atoms with Gasteiger partial charge in [0.15, 0.2) is 0 Å². The molecule has 0 radical (unpaired) electrons. The third-order valence-corrected chi connectivity index (χ3v) is 6.32. The van der Waals surface area contributed by atoms with Gasteiger partial charge >= 0.3 is 0 Å². The molecule has 0 bridgehead atoms. The summed E-state index contributed by atoms with van der Waals surface area (Å²) in [5.74, 6) is 0. The lowest BCUT2D eigenvalue weighted by Gasteiger charge is -2.39. The topological polar surface area (TPSA) is 59.6 Å². The summed E-state index contributed by atoms with van der Waals surface area (Å²) in [6.07, 6.45) is 20.9. The fraction of sp³-hybridized carbons (Fsp3) is 0.909. The lowest BCUT2D eigenvalue weighted by Crippen LogP contribution is -2.57. The zero-order valence-corrected chi connectivity index (χ0v) is 16.1. The Balaban J connectivity index is 2.11. The van der Waals surface area contributed by atoms with E-state index in [1.165, 1.54) is 64.2 Å². The van der Waals surface area contributed by atoms with E-state index in [4.69, 9.17) is 0 Å². The molecule has 0 atom stereocenters. The standard InChI is InChI=1S/C22H37N3/c23-19-21(15-11-7-3-1-4-8-12-16-21)25-22(20-24)17-13-9-5-2-6-10-14-18-22/h25H,1-18H2. The van der Waals surface area contributed by atoms with E-state index in [9.17, 15) is 10.5 Å². The highest BCUT2D eigenvalue weighted by atomic mass is 15.1. The Labute approximate surface area is 155 Å². The maximum Gasteiger partial charge on any atom is 0.107 e. The van der Waals surface area contributed by atoms with Gasteiger partial charge in [0, 0.05) is 0 Å². The first-order chi connectivity index (χ1) is 12.2. The Bertz CT molecular complexity index is 395. The minimum Gasteiger partial charge on any atom is -0.281 e. The molecule has 0 saturated heterocycles. The maximum absolute atomic E-state index is 10.1. The van der Waals surface area contributed by atoms with Crippen LogP contribution in [0.25, 0.3) is 0 Å². The Kier molecular flexibility index (Phi) is 8.77. The van der Waals surface area contributed by atoms with Crippen LogP contribution in [0.15, 0.2) is 0 Å². The minimum absolute atomic E-state index is 0.489. The second kappa shape index (κ2) is 10.8. The third-order valence-electron chi connectivity index (χ3n) is 6.32. The van der Waals surface area contributed by atoms with Crippen molar-refractivity contribution in [2.24, 2.45) is 0 Å². The molecule has 0 heterocycles. The average Bonchev–Trinajstić information content (AvgIpc) is 2.65. The van der Waals surface area contributed by atoms with Crippen molar-refractivity contribution in [2.45, 2.75) is 127 Å². The largest absolute Gasteiger partial charge is 0.281 e. The highest BCUT2D eigenvalue weighted by Crippen LogP contribution is 2.32. The number of rotatable bonds is 2. The fourth-order valence-electron chi connectivity index (χ4n) is 4.71. The first kappa shape index (κ1) is 20.3. The molecule has 3 nitrogen and oxygen atoms in total. The van der Waals surface area contributed by atoms with Crippen LogP contribution in [0.4, 0.5) is 0 Å². The lowest BCUT2D eigenvalue weighted by atomic mass is 9.79. The van der Waals surface area contributed by atoms with E-state index < -0.39 is 11.1 Å². The maximum atomic E-state index is 10.1. The van der Waals surface area contributed by atoms with Gasteiger partial charge < -0.3 is 0 Å². The Morgan fingerprint density at radius 2 is 0.680 bits per heavy atom. The van der Waals surface area contributed by atoms with Crippen LogP contribution in [0, 0.1) is 22.7 Å². The molecular formula is C22H37N3. The number of nitriles is 2. The Morgan fingerprint density at radius 3 is 0.920 bits per heavy atom. The van der Waals surface area contributed by atoms with E-state index in [-0.39, 0.29) is 0 Å². The van der Waals surface area contributed by atoms with Gasteiger partial charge in [-0.2, -0.15) is 10.5 Å². The Morgan fingerprint density at radius 1 is 0.440 bits per heavy atom. The average molecular weight is 344 g/mol. The summed E-state index contributed by atoms with van der Waals surface area (Å²) in [5, 5.41) is 23.8. The van der Waals surface area contributed by atoms with Crippen molar-refractivity contribution >= 4 is 0 Å². The van der Waals surface area contributed by atoms with Gasteiger partial charge in [0.1, 0.15) is 11.1 Å². The summed E-state index contributed by atoms with van der Waals surface area (Å²) in [7, 11) is 0.